The number of fused-ring (bicyclic) bond motifs is 5. The molecule has 0 saturated carbocycles. The first kappa shape index (κ1) is 31.4. The molecule has 1 aliphatic heterocycles. The van der Waals surface area contributed by atoms with Crippen LogP contribution < -0.4 is 0 Å². The van der Waals surface area contributed by atoms with Gasteiger partial charge in [-0.05, 0) is 112 Å². The smallest absolute Gasteiger partial charge is 0.135 e. The molecule has 13 aromatic rings. The Morgan fingerprint density at radius 2 is 1.49 bits per heavy atom. The van der Waals surface area contributed by atoms with Crippen molar-refractivity contribution in [3.8, 4) is 22.5 Å². The van der Waals surface area contributed by atoms with Crippen LogP contribution in [0.3, 0.4) is 0 Å². The van der Waals surface area contributed by atoms with E-state index >= 15 is 0 Å². The van der Waals surface area contributed by atoms with E-state index < -0.39 is 43.8 Å². The van der Waals surface area contributed by atoms with Crippen LogP contribution in [-0.4, -0.2) is 18.5 Å². The van der Waals surface area contributed by atoms with Crippen LogP contribution >= 0.6 is 0 Å². The van der Waals surface area contributed by atoms with Gasteiger partial charge < -0.3 is 22.4 Å². The Bertz CT molecular complexity index is 4540. The molecule has 0 fully saturated rings. The normalized spacial score (nSPS) is 14.6. The molecule has 0 aliphatic carbocycles. The fourth-order valence-corrected chi connectivity index (χ4v) is 9.00. The number of aromatic nitrogens is 4. The first-order valence-corrected chi connectivity index (χ1v) is 21.6. The van der Waals surface area contributed by atoms with Crippen molar-refractivity contribution in [1.82, 2.24) is 18.5 Å². The molecule has 0 N–H and O–H groups in total. The number of pyridine rings is 1. The molecule has 0 radical (unpaired) electrons. The maximum absolute atomic E-state index is 9.42. The van der Waals surface area contributed by atoms with Gasteiger partial charge in [0.05, 0.1) is 4.11 Å². The summed E-state index contributed by atoms with van der Waals surface area (Å²) in [6.45, 7) is -1.90. The average molecular weight is 1060 g/mol. The van der Waals surface area contributed by atoms with Crippen molar-refractivity contribution in [3.05, 3.63) is 211 Å². The zero-order valence-corrected chi connectivity index (χ0v) is 38.4. The number of nitrogens with zero attached hydrogens (tertiary/aromatic N) is 4. The van der Waals surface area contributed by atoms with Gasteiger partial charge in [-0.3, -0.25) is 0 Å². The van der Waals surface area contributed by atoms with Crippen molar-refractivity contribution >= 4 is 82.4 Å². The molecule has 10 bridgehead atoms. The standard InChI is InChI=1S/C60H45N4O2.Pt/c1-38(2)29-41-32-50(42-13-6-5-7-14-42)60-51(33-41)43-22-24-45(25-23-43)66-58-20-11-8-17-49(58)53-36-61-59(31-40(53)4)64-54-28-21-39(3)30-52(54)48-27-26-47(35-57(48)64)65-46-16-12-15-44(34-46)62-37-63(60)56-19-10-9-18-55(56)62;/h5-28,30-33,36-38H,29H2,1-4H3;/q-3;/i3D3,4D3,21D,28D,29D2,30D;. The second kappa shape index (κ2) is 17.0. The third-order valence-electron chi connectivity index (χ3n) is 11.9. The maximum Gasteiger partial charge on any atom is 0.135 e. The number of imidazole rings is 1. The minimum Gasteiger partial charge on any atom is -0.510 e. The molecule has 0 saturated heterocycles. The average Bonchev–Trinajstić information content (AvgIpc) is 4.20. The van der Waals surface area contributed by atoms with Gasteiger partial charge in [0.15, 0.2) is 0 Å². The third-order valence-corrected chi connectivity index (χ3v) is 11.9. The van der Waals surface area contributed by atoms with Gasteiger partial charge in [0.25, 0.3) is 0 Å². The zero-order valence-electron chi connectivity index (χ0n) is 47.1. The number of rotatable bonds is 3. The molecule has 0 amide bonds. The van der Waals surface area contributed by atoms with Gasteiger partial charge in [-0.1, -0.05) is 134 Å². The number of aryl methyl sites for hydroxylation is 1. The van der Waals surface area contributed by atoms with Gasteiger partial charge >= 0.3 is 0 Å². The molecule has 8 aromatic carbocycles. The van der Waals surface area contributed by atoms with Gasteiger partial charge in [-0.2, -0.15) is 24.3 Å². The van der Waals surface area contributed by atoms with Crippen molar-refractivity contribution in [2.75, 3.05) is 0 Å². The number of hydrogen-bond acceptors (Lipinski definition) is 3. The van der Waals surface area contributed by atoms with Crippen molar-refractivity contribution in [1.29, 1.82) is 0 Å². The summed E-state index contributed by atoms with van der Waals surface area (Å²) in [4.78, 5) is 4.83. The summed E-state index contributed by atoms with van der Waals surface area (Å²) in [6, 6.07) is 51.4. The predicted molar refractivity (Wildman–Crippen MR) is 272 cm³/mol. The molecular weight excluding hydrogens is 1000 g/mol. The Balaban J connectivity index is 0.00000645. The maximum atomic E-state index is 9.42. The van der Waals surface area contributed by atoms with Crippen LogP contribution in [-0.2, 0) is 27.4 Å². The summed E-state index contributed by atoms with van der Waals surface area (Å²) in [7, 11) is 0. The van der Waals surface area contributed by atoms with E-state index in [0.29, 0.717) is 38.6 Å². The quantitative estimate of drug-likeness (QED) is 0.166. The zero-order chi connectivity index (χ0) is 53.9. The molecular formula is C60H45N4O2Pt-3. The van der Waals surface area contributed by atoms with Gasteiger partial charge in [0, 0.05) is 72.0 Å². The fourth-order valence-electron chi connectivity index (χ4n) is 9.00. The summed E-state index contributed by atoms with van der Waals surface area (Å²) in [6.07, 6.45) is 1.68. The SMILES string of the molecule is [2H]c1c(C([2H])([2H])[2H])c([2H])c2c3ccc4[c-]c3n(c3cc(C([2H])([2H])[2H])c(cn3)c3ccccc3oc3ccc(cc3)c3cc(C([2H])([2H])C(C)C)cc(-c5ccccc5)c3n3[cH-]n(c5[c-]c(ccc5)o4)-c4ccccc4-3)c2c1[2H].[Pt]. The summed E-state index contributed by atoms with van der Waals surface area (Å²) in [5, 5.41) is 2.51. The fraction of sp³-hybridized carbons (Fsp3) is 0.100. The largest absolute Gasteiger partial charge is 0.510 e. The molecule has 0 spiro atoms. The second-order valence-electron chi connectivity index (χ2n) is 16.5. The Labute approximate surface area is 417 Å². The predicted octanol–water partition coefficient (Wildman–Crippen LogP) is 15.8. The van der Waals surface area contributed by atoms with Crippen LogP contribution in [0, 0.1) is 31.8 Å². The summed E-state index contributed by atoms with van der Waals surface area (Å²) < 4.78 is 117. The van der Waals surface area contributed by atoms with Gasteiger partial charge in [0.1, 0.15) is 16.8 Å². The summed E-state index contributed by atoms with van der Waals surface area (Å²) >= 11 is 0. The van der Waals surface area contributed by atoms with Crippen molar-refractivity contribution in [2.24, 2.45) is 5.92 Å². The third kappa shape index (κ3) is 7.52. The minimum atomic E-state index is -2.91. The molecule has 6 nitrogen and oxygen atoms in total. The van der Waals surface area contributed by atoms with Crippen LogP contribution in [0.15, 0.2) is 191 Å². The van der Waals surface area contributed by atoms with Crippen LogP contribution in [0.5, 0.6) is 0 Å². The van der Waals surface area contributed by atoms with Crippen LogP contribution in [0.25, 0.3) is 105 Å². The topological polar surface area (TPSA) is 53.4 Å². The first-order valence-electron chi connectivity index (χ1n) is 27.1. The number of benzene rings is 8. The Hall–Kier alpha value is -7.53. The van der Waals surface area contributed by atoms with Gasteiger partial charge in [-0.25, -0.2) is 4.98 Å². The van der Waals surface area contributed by atoms with Crippen LogP contribution in [0.4, 0.5) is 0 Å². The van der Waals surface area contributed by atoms with E-state index in [1.165, 1.54) is 16.7 Å². The summed E-state index contributed by atoms with van der Waals surface area (Å²) in [5.74, 6) is -0.364. The van der Waals surface area contributed by atoms with E-state index in [1.807, 2.05) is 128 Å². The monoisotopic (exact) mass is 1060 g/mol. The molecule has 14 rings (SSSR count). The Morgan fingerprint density at radius 1 is 0.701 bits per heavy atom. The molecule has 7 heteroatoms. The van der Waals surface area contributed by atoms with Gasteiger partial charge in [0.2, 0.25) is 0 Å². The second-order valence-corrected chi connectivity index (χ2v) is 16.5. The summed E-state index contributed by atoms with van der Waals surface area (Å²) in [5.41, 5.74) is 5.92. The van der Waals surface area contributed by atoms with Crippen LogP contribution in [0.2, 0.25) is 0 Å². The van der Waals surface area contributed by atoms with E-state index in [1.54, 1.807) is 42.5 Å². The first-order chi connectivity index (χ1) is 36.8. The Kier molecular flexibility index (Phi) is 7.98. The van der Waals surface area contributed by atoms with Gasteiger partial charge in [-0.15, -0.1) is 29.1 Å². The Morgan fingerprint density at radius 3 is 2.31 bits per heavy atom. The molecule has 5 aromatic heterocycles. The minimum absolute atomic E-state index is 0. The van der Waals surface area contributed by atoms with Crippen LogP contribution in [0.1, 0.15) is 45.6 Å². The van der Waals surface area contributed by atoms with E-state index in [2.05, 4.69) is 16.7 Å². The molecule has 67 heavy (non-hydrogen) atoms. The van der Waals surface area contributed by atoms with E-state index in [4.69, 9.17) is 23.4 Å². The molecule has 6 heterocycles. The van der Waals surface area contributed by atoms with Crippen molar-refractivity contribution < 1.29 is 45.0 Å². The number of hydrogen-bond donors (Lipinski definition) is 0. The molecule has 1 aliphatic rings. The van der Waals surface area contributed by atoms with Crippen molar-refractivity contribution in [3.63, 3.8) is 0 Å². The van der Waals surface area contributed by atoms with Crippen molar-refractivity contribution in [2.45, 2.75) is 33.9 Å². The molecule has 0 atom stereocenters. The van der Waals surface area contributed by atoms with E-state index in [-0.39, 0.29) is 65.6 Å². The molecule has 330 valence electrons. The van der Waals surface area contributed by atoms with E-state index in [9.17, 15) is 5.48 Å². The number of para-hydroxylation sites is 3. The van der Waals surface area contributed by atoms with E-state index in [0.717, 1.165) is 38.8 Å². The molecule has 0 unspecified atom stereocenters.